The van der Waals surface area contributed by atoms with Crippen LogP contribution in [-0.4, -0.2) is 38.7 Å². The number of hydrogen-bond acceptors (Lipinski definition) is 4. The van der Waals surface area contributed by atoms with Crippen LogP contribution in [0.2, 0.25) is 0 Å². The molecule has 5 nitrogen and oxygen atoms in total. The molecule has 146 valence electrons. The molecule has 1 fully saturated rings. The predicted octanol–water partition coefficient (Wildman–Crippen LogP) is 4.06. The number of piperidine rings is 1. The van der Waals surface area contributed by atoms with Crippen LogP contribution in [0.25, 0.3) is 21.7 Å². The molecule has 0 saturated carbocycles. The molecule has 1 amide bonds. The Labute approximate surface area is 168 Å². The van der Waals surface area contributed by atoms with E-state index in [9.17, 15) is 9.59 Å². The first-order valence-corrected chi connectivity index (χ1v) is 10.9. The van der Waals surface area contributed by atoms with Crippen LogP contribution < -0.4 is 5.56 Å². The summed E-state index contributed by atoms with van der Waals surface area (Å²) in [5.41, 5.74) is 0.647. The summed E-state index contributed by atoms with van der Waals surface area (Å²) in [6.45, 7) is 5.42. The highest BCUT2D eigenvalue weighted by molar-refractivity contribution is 7.99. The van der Waals surface area contributed by atoms with E-state index < -0.39 is 0 Å². The molecule has 1 aliphatic rings. The standard InChI is InChI=1S/C22H25N3O2S/c1-3-24-21(27)18-12-16-9-4-5-10-17(16)13-19(18)23-22(24)28-14-20(26)25-11-7-6-8-15(25)2/h4-5,9-10,12-13,15H,3,6-8,11,14H2,1-2H3/t15-/m0/s1. The Kier molecular flexibility index (Phi) is 5.40. The minimum atomic E-state index is -0.0421. The van der Waals surface area contributed by atoms with Crippen LogP contribution >= 0.6 is 11.8 Å². The van der Waals surface area contributed by atoms with Crippen LogP contribution in [0, 0.1) is 0 Å². The molecule has 4 rings (SSSR count). The second-order valence-electron chi connectivity index (χ2n) is 7.38. The van der Waals surface area contributed by atoms with Crippen molar-refractivity contribution in [3.05, 3.63) is 46.8 Å². The number of aromatic nitrogens is 2. The number of carbonyl (C=O) groups excluding carboxylic acids is 1. The van der Waals surface area contributed by atoms with Crippen molar-refractivity contribution in [3.8, 4) is 0 Å². The molecular weight excluding hydrogens is 370 g/mol. The van der Waals surface area contributed by atoms with Crippen molar-refractivity contribution in [2.75, 3.05) is 12.3 Å². The molecule has 1 aliphatic heterocycles. The van der Waals surface area contributed by atoms with Gasteiger partial charge in [-0.25, -0.2) is 4.98 Å². The molecule has 28 heavy (non-hydrogen) atoms. The first kappa shape index (κ1) is 19.0. The van der Waals surface area contributed by atoms with Crippen molar-refractivity contribution in [3.63, 3.8) is 0 Å². The molecule has 0 unspecified atom stereocenters. The van der Waals surface area contributed by atoms with E-state index >= 15 is 0 Å². The van der Waals surface area contributed by atoms with E-state index in [2.05, 4.69) is 6.92 Å². The topological polar surface area (TPSA) is 55.2 Å². The maximum Gasteiger partial charge on any atom is 0.262 e. The highest BCUT2D eigenvalue weighted by atomic mass is 32.2. The molecule has 1 saturated heterocycles. The van der Waals surface area contributed by atoms with Crippen molar-refractivity contribution in [1.82, 2.24) is 14.5 Å². The van der Waals surface area contributed by atoms with Gasteiger partial charge in [-0.1, -0.05) is 36.0 Å². The van der Waals surface area contributed by atoms with Crippen molar-refractivity contribution in [2.24, 2.45) is 0 Å². The van der Waals surface area contributed by atoms with Gasteiger partial charge in [0.2, 0.25) is 5.91 Å². The third kappa shape index (κ3) is 3.53. The summed E-state index contributed by atoms with van der Waals surface area (Å²) >= 11 is 1.37. The monoisotopic (exact) mass is 395 g/mol. The fourth-order valence-electron chi connectivity index (χ4n) is 3.95. The number of rotatable bonds is 4. The van der Waals surface area contributed by atoms with E-state index in [0.29, 0.717) is 34.4 Å². The fourth-order valence-corrected chi connectivity index (χ4v) is 4.90. The van der Waals surface area contributed by atoms with E-state index in [1.165, 1.54) is 18.2 Å². The summed E-state index contributed by atoms with van der Waals surface area (Å²) in [6, 6.07) is 12.2. The highest BCUT2D eigenvalue weighted by Crippen LogP contribution is 2.24. The fraction of sp³-hybridized carbons (Fsp3) is 0.409. The average molecular weight is 396 g/mol. The van der Waals surface area contributed by atoms with Crippen molar-refractivity contribution < 1.29 is 4.79 Å². The summed E-state index contributed by atoms with van der Waals surface area (Å²) in [6.07, 6.45) is 3.33. The molecule has 1 aromatic heterocycles. The Hall–Kier alpha value is -2.34. The Balaban J connectivity index is 1.67. The summed E-state index contributed by atoms with van der Waals surface area (Å²) < 4.78 is 1.68. The van der Waals surface area contributed by atoms with Gasteiger partial charge in [-0.2, -0.15) is 0 Å². The molecule has 0 spiro atoms. The van der Waals surface area contributed by atoms with Gasteiger partial charge in [0.25, 0.3) is 5.56 Å². The van der Waals surface area contributed by atoms with Crippen molar-refractivity contribution >= 4 is 39.3 Å². The zero-order valence-electron chi connectivity index (χ0n) is 16.4. The number of benzene rings is 2. The van der Waals surface area contributed by atoms with Crippen LogP contribution in [0.15, 0.2) is 46.3 Å². The first-order valence-electron chi connectivity index (χ1n) is 9.94. The largest absolute Gasteiger partial charge is 0.339 e. The first-order chi connectivity index (χ1) is 13.6. The molecule has 1 atom stereocenters. The molecule has 0 bridgehead atoms. The zero-order valence-corrected chi connectivity index (χ0v) is 17.2. The maximum absolute atomic E-state index is 13.0. The number of carbonyl (C=O) groups is 1. The van der Waals surface area contributed by atoms with Crippen LogP contribution in [0.5, 0.6) is 0 Å². The smallest absolute Gasteiger partial charge is 0.262 e. The lowest BCUT2D eigenvalue weighted by Gasteiger charge is -2.33. The zero-order chi connectivity index (χ0) is 19.7. The number of likely N-dealkylation sites (tertiary alicyclic amines) is 1. The van der Waals surface area contributed by atoms with Crippen molar-refractivity contribution in [2.45, 2.75) is 50.9 Å². The molecule has 0 radical (unpaired) electrons. The van der Waals surface area contributed by atoms with Gasteiger partial charge < -0.3 is 4.90 Å². The third-order valence-electron chi connectivity index (χ3n) is 5.55. The average Bonchev–Trinajstić information content (AvgIpc) is 2.71. The highest BCUT2D eigenvalue weighted by Gasteiger charge is 2.23. The van der Waals surface area contributed by atoms with Gasteiger partial charge in [-0.3, -0.25) is 14.2 Å². The van der Waals surface area contributed by atoms with Gasteiger partial charge in [0, 0.05) is 19.1 Å². The molecule has 2 heterocycles. The maximum atomic E-state index is 13.0. The molecule has 6 heteroatoms. The van der Waals surface area contributed by atoms with Gasteiger partial charge in [-0.15, -0.1) is 0 Å². The minimum Gasteiger partial charge on any atom is -0.339 e. The van der Waals surface area contributed by atoms with E-state index in [-0.39, 0.29) is 11.5 Å². The third-order valence-corrected chi connectivity index (χ3v) is 6.51. The van der Waals surface area contributed by atoms with Gasteiger partial charge in [0.15, 0.2) is 5.16 Å². The Morgan fingerprint density at radius 2 is 1.96 bits per heavy atom. The van der Waals surface area contributed by atoms with E-state index in [1.54, 1.807) is 4.57 Å². The summed E-state index contributed by atoms with van der Waals surface area (Å²) in [5, 5.41) is 3.34. The van der Waals surface area contributed by atoms with Gasteiger partial charge >= 0.3 is 0 Å². The Morgan fingerprint density at radius 1 is 1.21 bits per heavy atom. The van der Waals surface area contributed by atoms with Crippen LogP contribution in [0.1, 0.15) is 33.1 Å². The van der Waals surface area contributed by atoms with Gasteiger partial charge in [0.1, 0.15) is 0 Å². The second kappa shape index (κ2) is 7.95. The lowest BCUT2D eigenvalue weighted by atomic mass is 10.0. The van der Waals surface area contributed by atoms with Crippen LogP contribution in [0.3, 0.4) is 0 Å². The summed E-state index contributed by atoms with van der Waals surface area (Å²) in [4.78, 5) is 32.5. The lowest BCUT2D eigenvalue weighted by molar-refractivity contribution is -0.131. The molecule has 0 N–H and O–H groups in total. The second-order valence-corrected chi connectivity index (χ2v) is 8.32. The van der Waals surface area contributed by atoms with Crippen LogP contribution in [0.4, 0.5) is 0 Å². The number of fused-ring (bicyclic) bond motifs is 2. The molecule has 3 aromatic rings. The molecule has 0 aliphatic carbocycles. The summed E-state index contributed by atoms with van der Waals surface area (Å²) in [7, 11) is 0. The summed E-state index contributed by atoms with van der Waals surface area (Å²) in [5.74, 6) is 0.447. The Bertz CT molecular complexity index is 1090. The van der Waals surface area contributed by atoms with E-state index in [0.717, 1.165) is 30.2 Å². The van der Waals surface area contributed by atoms with Crippen LogP contribution in [-0.2, 0) is 11.3 Å². The number of thioether (sulfide) groups is 1. The number of hydrogen-bond donors (Lipinski definition) is 0. The quantitative estimate of drug-likeness (QED) is 0.380. The number of amides is 1. The normalized spacial score (nSPS) is 17.4. The molecular formula is C22H25N3O2S. The SMILES string of the molecule is CCn1c(SCC(=O)N2CCCC[C@@H]2C)nc2cc3ccccc3cc2c1=O. The number of nitrogens with zero attached hydrogens (tertiary/aromatic N) is 3. The minimum absolute atomic E-state index is 0.0421. The molecule has 2 aromatic carbocycles. The van der Waals surface area contributed by atoms with Crippen molar-refractivity contribution in [1.29, 1.82) is 0 Å². The predicted molar refractivity (Wildman–Crippen MR) is 115 cm³/mol. The van der Waals surface area contributed by atoms with Gasteiger partial charge in [0.05, 0.1) is 16.7 Å². The Morgan fingerprint density at radius 3 is 2.68 bits per heavy atom. The lowest BCUT2D eigenvalue weighted by Crippen LogP contribution is -2.43. The van der Waals surface area contributed by atoms with Gasteiger partial charge in [-0.05, 0) is 56.0 Å². The van der Waals surface area contributed by atoms with E-state index in [1.807, 2.05) is 48.2 Å². The van der Waals surface area contributed by atoms with E-state index in [4.69, 9.17) is 4.98 Å².